The third-order valence-electron chi connectivity index (χ3n) is 3.22. The molecule has 2 aromatic carbocycles. The molecular weight excluding hydrogens is 277 g/mol. The molecule has 2 nitrogen and oxygen atoms in total. The highest BCUT2D eigenvalue weighted by molar-refractivity contribution is 6.31. The Morgan fingerprint density at radius 3 is 2.65 bits per heavy atom. The fourth-order valence-electron chi connectivity index (χ4n) is 2.06. The summed E-state index contributed by atoms with van der Waals surface area (Å²) in [6.45, 7) is 2.30. The molecule has 0 fully saturated rings. The lowest BCUT2D eigenvalue weighted by Gasteiger charge is -2.18. The van der Waals surface area contributed by atoms with Crippen molar-refractivity contribution in [3.8, 4) is 0 Å². The number of rotatable bonds is 5. The maximum Gasteiger partial charge on any atom is 0.123 e. The highest BCUT2D eigenvalue weighted by Crippen LogP contribution is 2.23. The van der Waals surface area contributed by atoms with Crippen LogP contribution in [0.2, 0.25) is 5.02 Å². The van der Waals surface area contributed by atoms with Crippen LogP contribution in [-0.2, 0) is 0 Å². The molecule has 2 aromatic rings. The zero-order chi connectivity index (χ0) is 14.5. The Morgan fingerprint density at radius 1 is 1.20 bits per heavy atom. The van der Waals surface area contributed by atoms with Crippen molar-refractivity contribution in [3.63, 3.8) is 0 Å². The van der Waals surface area contributed by atoms with E-state index in [-0.39, 0.29) is 11.9 Å². The van der Waals surface area contributed by atoms with Crippen molar-refractivity contribution in [1.82, 2.24) is 5.32 Å². The van der Waals surface area contributed by atoms with Crippen molar-refractivity contribution < 1.29 is 9.50 Å². The third-order valence-corrected chi connectivity index (χ3v) is 3.57. The zero-order valence-corrected chi connectivity index (χ0v) is 11.9. The normalized spacial score (nSPS) is 14.0. The van der Waals surface area contributed by atoms with E-state index in [2.05, 4.69) is 5.32 Å². The predicted octanol–water partition coefficient (Wildman–Crippen LogP) is 3.86. The number of hydrogen-bond acceptors (Lipinski definition) is 2. The molecule has 0 saturated carbocycles. The molecule has 0 radical (unpaired) electrons. The van der Waals surface area contributed by atoms with E-state index < -0.39 is 6.10 Å². The van der Waals surface area contributed by atoms with Crippen LogP contribution < -0.4 is 5.32 Å². The van der Waals surface area contributed by atoms with Crippen LogP contribution in [0.5, 0.6) is 0 Å². The van der Waals surface area contributed by atoms with Crippen molar-refractivity contribution in [2.45, 2.75) is 19.1 Å². The van der Waals surface area contributed by atoms with Crippen molar-refractivity contribution in [1.29, 1.82) is 0 Å². The molecule has 2 N–H and O–H groups in total. The van der Waals surface area contributed by atoms with Crippen LogP contribution in [0.15, 0.2) is 48.5 Å². The van der Waals surface area contributed by atoms with Gasteiger partial charge in [0.2, 0.25) is 0 Å². The largest absolute Gasteiger partial charge is 0.387 e. The maximum atomic E-state index is 13.1. The summed E-state index contributed by atoms with van der Waals surface area (Å²) >= 11 is 6.12. The van der Waals surface area contributed by atoms with E-state index in [1.807, 2.05) is 31.2 Å². The molecule has 20 heavy (non-hydrogen) atoms. The minimum Gasteiger partial charge on any atom is -0.387 e. The van der Waals surface area contributed by atoms with Crippen molar-refractivity contribution in [2.24, 2.45) is 0 Å². The maximum absolute atomic E-state index is 13.1. The van der Waals surface area contributed by atoms with Crippen LogP contribution in [0, 0.1) is 5.82 Å². The second-order valence-corrected chi connectivity index (χ2v) is 5.13. The molecule has 0 aromatic heterocycles. The van der Waals surface area contributed by atoms with Gasteiger partial charge in [0.1, 0.15) is 5.82 Å². The van der Waals surface area contributed by atoms with Gasteiger partial charge in [-0.2, -0.15) is 0 Å². The lowest BCUT2D eigenvalue weighted by Crippen LogP contribution is -2.24. The molecule has 106 valence electrons. The molecule has 0 spiro atoms. The number of hydrogen-bond donors (Lipinski definition) is 2. The number of aliphatic hydroxyl groups excluding tert-OH is 1. The van der Waals surface area contributed by atoms with Crippen LogP contribution in [0.4, 0.5) is 4.39 Å². The lowest BCUT2D eigenvalue weighted by atomic mass is 10.1. The van der Waals surface area contributed by atoms with E-state index in [0.717, 1.165) is 5.56 Å². The van der Waals surface area contributed by atoms with E-state index in [0.29, 0.717) is 17.1 Å². The van der Waals surface area contributed by atoms with Gasteiger partial charge >= 0.3 is 0 Å². The molecule has 0 aliphatic heterocycles. The van der Waals surface area contributed by atoms with Gasteiger partial charge in [0, 0.05) is 17.6 Å². The summed E-state index contributed by atoms with van der Waals surface area (Å²) in [6.07, 6.45) is -0.754. The van der Waals surface area contributed by atoms with E-state index in [1.54, 1.807) is 12.1 Å². The summed E-state index contributed by atoms with van der Waals surface area (Å²) in [4.78, 5) is 0. The fraction of sp³-hybridized carbons (Fsp3) is 0.250. The Kier molecular flexibility index (Phi) is 5.12. The van der Waals surface area contributed by atoms with Crippen molar-refractivity contribution >= 4 is 11.6 Å². The van der Waals surface area contributed by atoms with E-state index in [4.69, 9.17) is 11.6 Å². The SMILES string of the molecule is CC(NCC(O)c1cccc(F)c1)c1ccccc1Cl. The molecule has 4 heteroatoms. The smallest absolute Gasteiger partial charge is 0.123 e. The highest BCUT2D eigenvalue weighted by atomic mass is 35.5. The van der Waals surface area contributed by atoms with Gasteiger partial charge in [0.25, 0.3) is 0 Å². The average molecular weight is 294 g/mol. The number of halogens is 2. The van der Waals surface area contributed by atoms with E-state index in [9.17, 15) is 9.50 Å². The zero-order valence-electron chi connectivity index (χ0n) is 11.2. The summed E-state index contributed by atoms with van der Waals surface area (Å²) < 4.78 is 13.1. The standard InChI is InChI=1S/C16H17ClFNO/c1-11(14-7-2-3-8-15(14)17)19-10-16(20)12-5-4-6-13(18)9-12/h2-9,11,16,19-20H,10H2,1H3. The molecule has 0 saturated heterocycles. The van der Waals surface area contributed by atoms with Crippen LogP contribution in [0.3, 0.4) is 0 Å². The number of benzene rings is 2. The predicted molar refractivity (Wildman–Crippen MR) is 79.2 cm³/mol. The molecular formula is C16H17ClFNO. The molecule has 0 aliphatic carbocycles. The fourth-order valence-corrected chi connectivity index (χ4v) is 2.36. The molecule has 0 bridgehead atoms. The number of aliphatic hydroxyl groups is 1. The first kappa shape index (κ1) is 15.0. The highest BCUT2D eigenvalue weighted by Gasteiger charge is 2.12. The lowest BCUT2D eigenvalue weighted by molar-refractivity contribution is 0.170. The van der Waals surface area contributed by atoms with Crippen LogP contribution in [-0.4, -0.2) is 11.7 Å². The summed E-state index contributed by atoms with van der Waals surface area (Å²) in [5.74, 6) is -0.347. The molecule has 0 heterocycles. The van der Waals surface area contributed by atoms with Gasteiger partial charge < -0.3 is 10.4 Å². The summed E-state index contributed by atoms with van der Waals surface area (Å²) in [5, 5.41) is 13.9. The molecule has 2 rings (SSSR count). The first-order valence-corrected chi connectivity index (χ1v) is 6.87. The molecule has 2 unspecified atom stereocenters. The number of nitrogens with one attached hydrogen (secondary N) is 1. The van der Waals surface area contributed by atoms with Crippen LogP contribution >= 0.6 is 11.6 Å². The van der Waals surface area contributed by atoms with Gasteiger partial charge in [0.15, 0.2) is 0 Å². The molecule has 0 amide bonds. The minimum atomic E-state index is -0.754. The van der Waals surface area contributed by atoms with Crippen molar-refractivity contribution in [3.05, 3.63) is 70.5 Å². The average Bonchev–Trinajstić information content (AvgIpc) is 2.45. The van der Waals surface area contributed by atoms with Gasteiger partial charge in [-0.3, -0.25) is 0 Å². The molecule has 0 aliphatic rings. The first-order chi connectivity index (χ1) is 9.58. The topological polar surface area (TPSA) is 32.3 Å². The Bertz CT molecular complexity index is 576. The van der Waals surface area contributed by atoms with Gasteiger partial charge in [0.05, 0.1) is 6.10 Å². The third kappa shape index (κ3) is 3.79. The monoisotopic (exact) mass is 293 g/mol. The second kappa shape index (κ2) is 6.84. The minimum absolute atomic E-state index is 0.00640. The van der Waals surface area contributed by atoms with Gasteiger partial charge in [-0.25, -0.2) is 4.39 Å². The van der Waals surface area contributed by atoms with Crippen LogP contribution in [0.25, 0.3) is 0 Å². The van der Waals surface area contributed by atoms with E-state index in [1.165, 1.54) is 12.1 Å². The Morgan fingerprint density at radius 2 is 1.95 bits per heavy atom. The van der Waals surface area contributed by atoms with Gasteiger partial charge in [-0.05, 0) is 36.2 Å². The Hall–Kier alpha value is -1.42. The quantitative estimate of drug-likeness (QED) is 0.877. The Balaban J connectivity index is 1.97. The van der Waals surface area contributed by atoms with Gasteiger partial charge in [-0.15, -0.1) is 0 Å². The molecule has 2 atom stereocenters. The second-order valence-electron chi connectivity index (χ2n) is 4.72. The van der Waals surface area contributed by atoms with E-state index >= 15 is 0 Å². The van der Waals surface area contributed by atoms with Crippen LogP contribution in [0.1, 0.15) is 30.2 Å². The van der Waals surface area contributed by atoms with Crippen molar-refractivity contribution in [2.75, 3.05) is 6.54 Å². The summed E-state index contributed by atoms with van der Waals surface area (Å²) in [5.41, 5.74) is 1.53. The summed E-state index contributed by atoms with van der Waals surface area (Å²) in [6, 6.07) is 13.6. The first-order valence-electron chi connectivity index (χ1n) is 6.49. The van der Waals surface area contributed by atoms with Gasteiger partial charge in [-0.1, -0.05) is 41.9 Å². The summed E-state index contributed by atoms with van der Waals surface area (Å²) in [7, 11) is 0. The Labute approximate surface area is 123 Å².